The quantitative estimate of drug-likeness (QED) is 0.444. The van der Waals surface area contributed by atoms with Crippen LogP contribution >= 0.6 is 24.0 Å². The first-order valence-electron chi connectivity index (χ1n) is 9.10. The minimum Gasteiger partial charge on any atom is -0.303 e. The van der Waals surface area contributed by atoms with Gasteiger partial charge in [0, 0.05) is 28.9 Å². The molecule has 138 valence electrons. The lowest BCUT2D eigenvalue weighted by molar-refractivity contribution is 0.0965. The summed E-state index contributed by atoms with van der Waals surface area (Å²) in [5, 5.41) is 2.62. The van der Waals surface area contributed by atoms with Crippen molar-refractivity contribution in [2.75, 3.05) is 19.6 Å². The standard InChI is InChI=1S/C21H28ClNO.ClH/c1-3-5-14-23(15-6-4-2)16-13-21(24)19-11-12-20(22)18-10-8-7-9-17(18)19;/h7-12H,3-6,13-16H2,1-2H3;1H. The summed E-state index contributed by atoms with van der Waals surface area (Å²) in [4.78, 5) is 15.2. The molecular formula is C21H29Cl2NO. The van der Waals surface area contributed by atoms with Crippen LogP contribution in [0.2, 0.25) is 5.02 Å². The van der Waals surface area contributed by atoms with Gasteiger partial charge in [-0.2, -0.15) is 0 Å². The minimum absolute atomic E-state index is 0. The van der Waals surface area contributed by atoms with Gasteiger partial charge in [-0.05, 0) is 43.5 Å². The van der Waals surface area contributed by atoms with Crippen molar-refractivity contribution in [1.82, 2.24) is 4.90 Å². The van der Waals surface area contributed by atoms with Crippen LogP contribution in [-0.4, -0.2) is 30.3 Å². The number of halogens is 2. The van der Waals surface area contributed by atoms with Gasteiger partial charge in [0.05, 0.1) is 0 Å². The molecule has 0 aliphatic heterocycles. The summed E-state index contributed by atoms with van der Waals surface area (Å²) in [5.74, 6) is 0.209. The molecule has 0 heterocycles. The highest BCUT2D eigenvalue weighted by molar-refractivity contribution is 6.36. The molecule has 0 fully saturated rings. The van der Waals surface area contributed by atoms with Crippen molar-refractivity contribution >= 4 is 40.6 Å². The zero-order valence-electron chi connectivity index (χ0n) is 15.3. The fourth-order valence-corrected chi connectivity index (χ4v) is 3.23. The van der Waals surface area contributed by atoms with Gasteiger partial charge in [0.1, 0.15) is 0 Å². The van der Waals surface area contributed by atoms with Gasteiger partial charge < -0.3 is 4.90 Å². The molecule has 0 aliphatic rings. The summed E-state index contributed by atoms with van der Waals surface area (Å²) in [6.07, 6.45) is 5.35. The van der Waals surface area contributed by atoms with Crippen LogP contribution in [0, 0.1) is 0 Å². The first-order chi connectivity index (χ1) is 11.7. The molecule has 0 bridgehead atoms. The highest BCUT2D eigenvalue weighted by Gasteiger charge is 2.13. The van der Waals surface area contributed by atoms with E-state index >= 15 is 0 Å². The molecule has 2 aromatic rings. The Labute approximate surface area is 163 Å². The molecule has 0 saturated carbocycles. The van der Waals surface area contributed by atoms with Crippen LogP contribution in [-0.2, 0) is 0 Å². The lowest BCUT2D eigenvalue weighted by Crippen LogP contribution is -2.28. The first kappa shape index (κ1) is 22.0. The minimum atomic E-state index is 0. The molecule has 0 saturated heterocycles. The van der Waals surface area contributed by atoms with Crippen LogP contribution in [0.4, 0.5) is 0 Å². The third-order valence-corrected chi connectivity index (χ3v) is 4.81. The number of ketones is 1. The van der Waals surface area contributed by atoms with Crippen LogP contribution in [0.25, 0.3) is 10.8 Å². The molecule has 0 aromatic heterocycles. The van der Waals surface area contributed by atoms with Crippen molar-refractivity contribution in [3.05, 3.63) is 47.0 Å². The van der Waals surface area contributed by atoms with E-state index in [1.54, 1.807) is 0 Å². The number of carbonyl (C=O) groups excluding carboxylic acids is 1. The van der Waals surface area contributed by atoms with E-state index in [9.17, 15) is 4.79 Å². The lowest BCUT2D eigenvalue weighted by Gasteiger charge is -2.21. The molecule has 0 amide bonds. The molecule has 0 atom stereocenters. The number of unbranched alkanes of at least 4 members (excludes halogenated alkanes) is 2. The molecule has 25 heavy (non-hydrogen) atoms. The summed E-state index contributed by atoms with van der Waals surface area (Å²) in [5.41, 5.74) is 0.793. The summed E-state index contributed by atoms with van der Waals surface area (Å²) in [6, 6.07) is 11.6. The van der Waals surface area contributed by atoms with Crippen molar-refractivity contribution in [1.29, 1.82) is 0 Å². The SMILES string of the molecule is CCCCN(CCCC)CCC(=O)c1ccc(Cl)c2ccccc12.Cl. The molecule has 0 aliphatic carbocycles. The van der Waals surface area contributed by atoms with Crippen LogP contribution in [0.15, 0.2) is 36.4 Å². The van der Waals surface area contributed by atoms with Gasteiger partial charge in [-0.3, -0.25) is 4.79 Å². The molecule has 0 N–H and O–H groups in total. The summed E-state index contributed by atoms with van der Waals surface area (Å²) < 4.78 is 0. The molecule has 2 rings (SSSR count). The molecule has 0 radical (unpaired) electrons. The van der Waals surface area contributed by atoms with Gasteiger partial charge in [-0.15, -0.1) is 12.4 Å². The molecule has 2 nitrogen and oxygen atoms in total. The van der Waals surface area contributed by atoms with E-state index in [1.807, 2.05) is 36.4 Å². The Bertz CT molecular complexity index is 664. The Hall–Kier alpha value is -1.09. The Kier molecular flexibility index (Phi) is 10.1. The van der Waals surface area contributed by atoms with E-state index in [2.05, 4.69) is 18.7 Å². The van der Waals surface area contributed by atoms with E-state index in [0.29, 0.717) is 11.4 Å². The summed E-state index contributed by atoms with van der Waals surface area (Å²) in [7, 11) is 0. The molecule has 0 spiro atoms. The topological polar surface area (TPSA) is 20.3 Å². The average Bonchev–Trinajstić information content (AvgIpc) is 2.61. The number of rotatable bonds is 10. The van der Waals surface area contributed by atoms with Gasteiger partial charge >= 0.3 is 0 Å². The highest BCUT2D eigenvalue weighted by Crippen LogP contribution is 2.27. The van der Waals surface area contributed by atoms with Crippen molar-refractivity contribution in [3.63, 3.8) is 0 Å². The number of fused-ring (bicyclic) bond motifs is 1. The Morgan fingerprint density at radius 3 is 2.12 bits per heavy atom. The number of benzene rings is 2. The molecular weight excluding hydrogens is 353 g/mol. The second-order valence-corrected chi connectivity index (χ2v) is 6.77. The largest absolute Gasteiger partial charge is 0.303 e. The highest BCUT2D eigenvalue weighted by atomic mass is 35.5. The third kappa shape index (κ3) is 6.29. The normalized spacial score (nSPS) is 10.9. The fourth-order valence-electron chi connectivity index (χ4n) is 3.00. The molecule has 0 unspecified atom stereocenters. The van der Waals surface area contributed by atoms with E-state index < -0.39 is 0 Å². The zero-order valence-corrected chi connectivity index (χ0v) is 16.8. The second kappa shape index (κ2) is 11.5. The Morgan fingerprint density at radius 1 is 0.920 bits per heavy atom. The number of hydrogen-bond donors (Lipinski definition) is 0. The van der Waals surface area contributed by atoms with Crippen molar-refractivity contribution in [3.8, 4) is 0 Å². The van der Waals surface area contributed by atoms with E-state index in [1.165, 1.54) is 25.7 Å². The number of hydrogen-bond acceptors (Lipinski definition) is 2. The van der Waals surface area contributed by atoms with Gasteiger partial charge in [0.2, 0.25) is 0 Å². The lowest BCUT2D eigenvalue weighted by atomic mass is 9.99. The third-order valence-electron chi connectivity index (χ3n) is 4.48. The Morgan fingerprint density at radius 2 is 1.52 bits per heavy atom. The van der Waals surface area contributed by atoms with Crippen molar-refractivity contribution in [2.24, 2.45) is 0 Å². The van der Waals surface area contributed by atoms with Crippen LogP contribution < -0.4 is 0 Å². The van der Waals surface area contributed by atoms with E-state index in [4.69, 9.17) is 11.6 Å². The van der Waals surface area contributed by atoms with Gasteiger partial charge in [0.15, 0.2) is 5.78 Å². The summed E-state index contributed by atoms with van der Waals surface area (Å²) >= 11 is 6.26. The predicted octanol–water partition coefficient (Wildman–Crippen LogP) is 6.39. The number of carbonyl (C=O) groups is 1. The van der Waals surface area contributed by atoms with Crippen LogP contribution in [0.5, 0.6) is 0 Å². The monoisotopic (exact) mass is 381 g/mol. The van der Waals surface area contributed by atoms with Crippen LogP contribution in [0.3, 0.4) is 0 Å². The predicted molar refractivity (Wildman–Crippen MR) is 111 cm³/mol. The average molecular weight is 382 g/mol. The van der Waals surface area contributed by atoms with Gasteiger partial charge in [0.25, 0.3) is 0 Å². The molecule has 4 heteroatoms. The molecule has 2 aromatic carbocycles. The maximum atomic E-state index is 12.8. The van der Waals surface area contributed by atoms with Crippen LogP contribution in [0.1, 0.15) is 56.3 Å². The maximum Gasteiger partial charge on any atom is 0.164 e. The first-order valence-corrected chi connectivity index (χ1v) is 9.48. The summed E-state index contributed by atoms with van der Waals surface area (Å²) in [6.45, 7) is 7.44. The van der Waals surface area contributed by atoms with Gasteiger partial charge in [-0.25, -0.2) is 0 Å². The Balaban J connectivity index is 0.00000312. The van der Waals surface area contributed by atoms with Crippen molar-refractivity contribution in [2.45, 2.75) is 46.0 Å². The fraction of sp³-hybridized carbons (Fsp3) is 0.476. The second-order valence-electron chi connectivity index (χ2n) is 6.36. The number of nitrogens with zero attached hydrogens (tertiary/aromatic N) is 1. The smallest absolute Gasteiger partial charge is 0.164 e. The number of Topliss-reactive ketones (excluding diaryl/α,β-unsaturated/α-hetero) is 1. The zero-order chi connectivity index (χ0) is 17.4. The van der Waals surface area contributed by atoms with Crippen molar-refractivity contribution < 1.29 is 4.79 Å². The maximum absolute atomic E-state index is 12.8. The van der Waals surface area contributed by atoms with E-state index in [-0.39, 0.29) is 18.2 Å². The van der Waals surface area contributed by atoms with E-state index in [0.717, 1.165) is 36.0 Å². The van der Waals surface area contributed by atoms with Gasteiger partial charge in [-0.1, -0.05) is 62.6 Å².